The second-order valence-electron chi connectivity index (χ2n) is 6.19. The van der Waals surface area contributed by atoms with E-state index in [0.29, 0.717) is 12.2 Å². The molecule has 0 fully saturated rings. The van der Waals surface area contributed by atoms with E-state index >= 15 is 0 Å². The van der Waals surface area contributed by atoms with Crippen LogP contribution in [0.1, 0.15) is 22.5 Å². The van der Waals surface area contributed by atoms with Crippen LogP contribution >= 0.6 is 15.9 Å². The fourth-order valence-corrected chi connectivity index (χ4v) is 2.88. The van der Waals surface area contributed by atoms with Crippen molar-refractivity contribution < 1.29 is 14.3 Å². The third kappa shape index (κ3) is 5.79. The average Bonchev–Trinajstić information content (AvgIpc) is 3.21. The summed E-state index contributed by atoms with van der Waals surface area (Å²) in [6.45, 7) is 0.208. The molecule has 3 aromatic rings. The molecular weight excluding hydrogens is 422 g/mol. The molecule has 0 aliphatic carbocycles. The number of carbonyl (C=O) groups is 2. The Hall–Kier alpha value is -2.93. The molecule has 0 bridgehead atoms. The molecule has 0 spiro atoms. The van der Waals surface area contributed by atoms with E-state index in [1.54, 1.807) is 6.07 Å². The molecule has 7 heteroatoms. The molecule has 1 amide bonds. The van der Waals surface area contributed by atoms with Crippen molar-refractivity contribution in [2.24, 2.45) is 0 Å². The van der Waals surface area contributed by atoms with E-state index in [2.05, 4.69) is 43.6 Å². The van der Waals surface area contributed by atoms with Gasteiger partial charge in [0.2, 0.25) is 0 Å². The number of rotatable bonds is 8. The van der Waals surface area contributed by atoms with Gasteiger partial charge in [-0.15, -0.1) is 0 Å². The van der Waals surface area contributed by atoms with Crippen molar-refractivity contribution in [2.45, 2.75) is 12.8 Å². The molecular formula is C21H20BrN3O3. The first-order valence-corrected chi connectivity index (χ1v) is 9.70. The van der Waals surface area contributed by atoms with E-state index in [1.807, 2.05) is 42.5 Å². The van der Waals surface area contributed by atoms with E-state index in [9.17, 15) is 9.59 Å². The first-order valence-electron chi connectivity index (χ1n) is 8.91. The summed E-state index contributed by atoms with van der Waals surface area (Å²) < 4.78 is 6.00. The topological polar surface area (TPSA) is 84.1 Å². The SMILES string of the molecule is O=C(COC(=O)c1cc(-c2ccc(Br)cc2)n[nH]1)NCCCc1ccccc1. The Morgan fingerprint density at radius 3 is 2.57 bits per heavy atom. The summed E-state index contributed by atoms with van der Waals surface area (Å²) in [4.78, 5) is 23.9. The van der Waals surface area contributed by atoms with Crippen LogP contribution in [0.4, 0.5) is 0 Å². The number of carbonyl (C=O) groups excluding carboxylic acids is 2. The van der Waals surface area contributed by atoms with Crippen LogP contribution in [0.15, 0.2) is 65.1 Å². The van der Waals surface area contributed by atoms with Gasteiger partial charge >= 0.3 is 5.97 Å². The van der Waals surface area contributed by atoms with Crippen LogP contribution in [0.2, 0.25) is 0 Å². The minimum absolute atomic E-state index is 0.204. The maximum absolute atomic E-state index is 12.1. The third-order valence-corrected chi connectivity index (χ3v) is 4.61. The minimum Gasteiger partial charge on any atom is -0.451 e. The van der Waals surface area contributed by atoms with Gasteiger partial charge < -0.3 is 10.1 Å². The summed E-state index contributed by atoms with van der Waals surface area (Å²) in [5.74, 6) is -0.940. The van der Waals surface area contributed by atoms with Gasteiger partial charge in [-0.05, 0) is 36.6 Å². The van der Waals surface area contributed by atoms with Crippen molar-refractivity contribution in [3.05, 3.63) is 76.4 Å². The zero-order valence-corrected chi connectivity index (χ0v) is 16.7. The number of H-pyrrole nitrogens is 1. The molecule has 0 radical (unpaired) electrons. The number of aromatic amines is 1. The predicted octanol–water partition coefficient (Wildman–Crippen LogP) is 3.75. The Morgan fingerprint density at radius 2 is 1.82 bits per heavy atom. The number of aromatic nitrogens is 2. The molecule has 2 aromatic carbocycles. The summed E-state index contributed by atoms with van der Waals surface area (Å²) in [6.07, 6.45) is 1.70. The van der Waals surface area contributed by atoms with E-state index in [1.165, 1.54) is 5.56 Å². The molecule has 0 unspecified atom stereocenters. The van der Waals surface area contributed by atoms with Gasteiger partial charge in [0.05, 0.1) is 5.69 Å². The van der Waals surface area contributed by atoms with Gasteiger partial charge in [0.15, 0.2) is 6.61 Å². The quantitative estimate of drug-likeness (QED) is 0.411. The number of nitrogens with one attached hydrogen (secondary N) is 2. The molecule has 3 rings (SSSR count). The standard InChI is InChI=1S/C21H20BrN3O3/c22-17-10-8-16(9-11-17)18-13-19(25-24-18)21(27)28-14-20(26)23-12-4-7-15-5-2-1-3-6-15/h1-3,5-6,8-11,13H,4,7,12,14H2,(H,23,26)(H,24,25). The smallest absolute Gasteiger partial charge is 0.356 e. The lowest BCUT2D eigenvalue weighted by Crippen LogP contribution is -2.29. The van der Waals surface area contributed by atoms with Gasteiger partial charge in [0, 0.05) is 16.6 Å². The summed E-state index contributed by atoms with van der Waals surface area (Å²) in [6, 6.07) is 19.2. The van der Waals surface area contributed by atoms with Gasteiger partial charge in [0.1, 0.15) is 5.69 Å². The van der Waals surface area contributed by atoms with Crippen molar-refractivity contribution in [1.82, 2.24) is 15.5 Å². The number of ether oxygens (including phenoxy) is 1. The molecule has 0 atom stereocenters. The maximum Gasteiger partial charge on any atom is 0.356 e. The van der Waals surface area contributed by atoms with E-state index < -0.39 is 5.97 Å². The lowest BCUT2D eigenvalue weighted by atomic mass is 10.1. The largest absolute Gasteiger partial charge is 0.451 e. The number of esters is 1. The highest BCUT2D eigenvalue weighted by Gasteiger charge is 2.14. The summed E-state index contributed by atoms with van der Waals surface area (Å²) in [5, 5.41) is 9.51. The molecule has 0 aliphatic rings. The number of halogens is 1. The molecule has 0 saturated heterocycles. The Bertz CT molecular complexity index is 924. The highest BCUT2D eigenvalue weighted by Crippen LogP contribution is 2.20. The molecule has 6 nitrogen and oxygen atoms in total. The van der Waals surface area contributed by atoms with Crippen LogP contribution < -0.4 is 5.32 Å². The van der Waals surface area contributed by atoms with Crippen molar-refractivity contribution in [3.8, 4) is 11.3 Å². The first-order chi connectivity index (χ1) is 13.6. The number of benzene rings is 2. The molecule has 1 aromatic heterocycles. The average molecular weight is 442 g/mol. The van der Waals surface area contributed by atoms with Gasteiger partial charge in [-0.25, -0.2) is 4.79 Å². The summed E-state index contributed by atoms with van der Waals surface area (Å²) in [7, 11) is 0. The molecule has 28 heavy (non-hydrogen) atoms. The Kier molecular flexibility index (Phi) is 6.97. The van der Waals surface area contributed by atoms with Crippen LogP contribution in [0.3, 0.4) is 0 Å². The Labute approximate surface area is 171 Å². The number of hydrogen-bond donors (Lipinski definition) is 2. The molecule has 0 saturated carbocycles. The van der Waals surface area contributed by atoms with Gasteiger partial charge in [-0.3, -0.25) is 9.89 Å². The first kappa shape index (κ1) is 19.8. The predicted molar refractivity (Wildman–Crippen MR) is 110 cm³/mol. The second kappa shape index (κ2) is 9.85. The lowest BCUT2D eigenvalue weighted by Gasteiger charge is -2.06. The summed E-state index contributed by atoms with van der Waals surface area (Å²) in [5.41, 5.74) is 2.93. The Balaban J connectivity index is 1.40. The molecule has 0 aliphatic heterocycles. The van der Waals surface area contributed by atoms with Crippen LogP contribution in [0, 0.1) is 0 Å². The number of hydrogen-bond acceptors (Lipinski definition) is 4. The van der Waals surface area contributed by atoms with Gasteiger partial charge in [-0.1, -0.05) is 58.4 Å². The zero-order chi connectivity index (χ0) is 19.8. The van der Waals surface area contributed by atoms with Gasteiger partial charge in [0.25, 0.3) is 5.91 Å². The minimum atomic E-state index is -0.615. The fraction of sp³-hybridized carbons (Fsp3) is 0.190. The summed E-state index contributed by atoms with van der Waals surface area (Å²) >= 11 is 3.37. The number of aryl methyl sites for hydroxylation is 1. The van der Waals surface area contributed by atoms with Crippen molar-refractivity contribution in [3.63, 3.8) is 0 Å². The number of amides is 1. The number of nitrogens with zero attached hydrogens (tertiary/aromatic N) is 1. The van der Waals surface area contributed by atoms with Crippen LogP contribution in [0.5, 0.6) is 0 Å². The Morgan fingerprint density at radius 1 is 1.07 bits per heavy atom. The van der Waals surface area contributed by atoms with Crippen molar-refractivity contribution in [1.29, 1.82) is 0 Å². The van der Waals surface area contributed by atoms with E-state index in [0.717, 1.165) is 22.9 Å². The second-order valence-corrected chi connectivity index (χ2v) is 7.10. The maximum atomic E-state index is 12.1. The lowest BCUT2D eigenvalue weighted by molar-refractivity contribution is -0.124. The highest BCUT2D eigenvalue weighted by atomic mass is 79.9. The zero-order valence-electron chi connectivity index (χ0n) is 15.2. The molecule has 2 N–H and O–H groups in total. The van der Waals surface area contributed by atoms with Crippen molar-refractivity contribution >= 4 is 27.8 Å². The van der Waals surface area contributed by atoms with Crippen molar-refractivity contribution in [2.75, 3.05) is 13.2 Å². The van der Waals surface area contributed by atoms with Crippen LogP contribution in [-0.2, 0) is 16.0 Å². The van der Waals surface area contributed by atoms with Gasteiger partial charge in [-0.2, -0.15) is 5.10 Å². The highest BCUT2D eigenvalue weighted by molar-refractivity contribution is 9.10. The van der Waals surface area contributed by atoms with E-state index in [-0.39, 0.29) is 18.2 Å². The molecule has 1 heterocycles. The van der Waals surface area contributed by atoms with Crippen LogP contribution in [0.25, 0.3) is 11.3 Å². The third-order valence-electron chi connectivity index (χ3n) is 4.08. The van der Waals surface area contributed by atoms with Crippen LogP contribution in [-0.4, -0.2) is 35.2 Å². The van der Waals surface area contributed by atoms with E-state index in [4.69, 9.17) is 4.74 Å². The monoisotopic (exact) mass is 441 g/mol. The molecule has 144 valence electrons. The fourth-order valence-electron chi connectivity index (χ4n) is 2.62. The normalized spacial score (nSPS) is 10.5.